The van der Waals surface area contributed by atoms with Gasteiger partial charge in [0.1, 0.15) is 0 Å². The molecule has 0 bridgehead atoms. The van der Waals surface area contributed by atoms with Crippen LogP contribution in [0.4, 0.5) is 0 Å². The Labute approximate surface area is 88.8 Å². The average Bonchev–Trinajstić information content (AvgIpc) is 2.52. The van der Waals surface area contributed by atoms with E-state index in [9.17, 15) is 0 Å². The maximum absolute atomic E-state index is 3.61. The summed E-state index contributed by atoms with van der Waals surface area (Å²) in [5.41, 5.74) is 0.454. The Kier molecular flexibility index (Phi) is 4.39. The van der Waals surface area contributed by atoms with Gasteiger partial charge in [0, 0.05) is 6.54 Å². The molecule has 2 unspecified atom stereocenters. The predicted octanol–water partition coefficient (Wildman–Crippen LogP) is 1.87. The van der Waals surface area contributed by atoms with Gasteiger partial charge in [0.05, 0.1) is 0 Å². The molecule has 0 amide bonds. The van der Waals surface area contributed by atoms with Crippen molar-refractivity contribution in [2.24, 2.45) is 17.3 Å². The third-order valence-corrected chi connectivity index (χ3v) is 3.64. The normalized spacial score (nSPS) is 28.3. The highest BCUT2D eigenvalue weighted by atomic mass is 15.0. The topological polar surface area (TPSA) is 24.1 Å². The highest BCUT2D eigenvalue weighted by molar-refractivity contribution is 4.80. The molecule has 2 nitrogen and oxygen atoms in total. The second-order valence-electron chi connectivity index (χ2n) is 5.54. The predicted molar refractivity (Wildman–Crippen MR) is 62.5 cm³/mol. The molecule has 0 radical (unpaired) electrons. The van der Waals surface area contributed by atoms with Crippen LogP contribution in [0, 0.1) is 17.3 Å². The monoisotopic (exact) mass is 198 g/mol. The van der Waals surface area contributed by atoms with E-state index in [2.05, 4.69) is 38.3 Å². The first-order valence-electron chi connectivity index (χ1n) is 5.96. The van der Waals surface area contributed by atoms with E-state index >= 15 is 0 Å². The second kappa shape index (κ2) is 5.13. The van der Waals surface area contributed by atoms with Gasteiger partial charge >= 0.3 is 0 Å². The summed E-state index contributed by atoms with van der Waals surface area (Å²) in [6, 6.07) is 0. The van der Waals surface area contributed by atoms with Crippen LogP contribution in [0.25, 0.3) is 0 Å². The van der Waals surface area contributed by atoms with Gasteiger partial charge in [-0.1, -0.05) is 27.7 Å². The van der Waals surface area contributed by atoms with E-state index < -0.39 is 0 Å². The minimum atomic E-state index is 0.454. The van der Waals surface area contributed by atoms with E-state index in [1.165, 1.54) is 26.1 Å². The molecular weight excluding hydrogens is 172 g/mol. The van der Waals surface area contributed by atoms with E-state index in [1.54, 1.807) is 0 Å². The van der Waals surface area contributed by atoms with Gasteiger partial charge in [0.25, 0.3) is 0 Å². The van der Waals surface area contributed by atoms with E-state index in [4.69, 9.17) is 0 Å². The van der Waals surface area contributed by atoms with Crippen LogP contribution in [0.1, 0.15) is 34.1 Å². The standard InChI is InChI=1S/C12H26N2/c1-5-12(3,4)9-14-8-11-7-13-6-10(11)2/h10-11,13-14H,5-9H2,1-4H3. The summed E-state index contributed by atoms with van der Waals surface area (Å²) >= 11 is 0. The lowest BCUT2D eigenvalue weighted by molar-refractivity contribution is 0.308. The quantitative estimate of drug-likeness (QED) is 0.705. The van der Waals surface area contributed by atoms with E-state index in [0.717, 1.165) is 18.4 Å². The molecule has 84 valence electrons. The molecule has 14 heavy (non-hydrogen) atoms. The van der Waals surface area contributed by atoms with Crippen molar-refractivity contribution in [3.63, 3.8) is 0 Å². The lowest BCUT2D eigenvalue weighted by Gasteiger charge is -2.24. The summed E-state index contributed by atoms with van der Waals surface area (Å²) in [6.07, 6.45) is 1.25. The number of hydrogen-bond acceptors (Lipinski definition) is 2. The molecule has 0 aromatic heterocycles. The van der Waals surface area contributed by atoms with Crippen LogP contribution in [-0.2, 0) is 0 Å². The van der Waals surface area contributed by atoms with E-state index in [0.29, 0.717) is 5.41 Å². The molecule has 0 aromatic carbocycles. The Balaban J connectivity index is 2.15. The van der Waals surface area contributed by atoms with Crippen molar-refractivity contribution in [2.45, 2.75) is 34.1 Å². The first kappa shape index (κ1) is 12.0. The van der Waals surface area contributed by atoms with Crippen LogP contribution >= 0.6 is 0 Å². The molecule has 0 aliphatic carbocycles. The minimum absolute atomic E-state index is 0.454. The smallest absolute Gasteiger partial charge is 0.000254 e. The van der Waals surface area contributed by atoms with Gasteiger partial charge in [-0.25, -0.2) is 0 Å². The fourth-order valence-corrected chi connectivity index (χ4v) is 1.86. The molecule has 2 N–H and O–H groups in total. The van der Waals surface area contributed by atoms with Gasteiger partial charge in [-0.2, -0.15) is 0 Å². The van der Waals surface area contributed by atoms with Crippen LogP contribution < -0.4 is 10.6 Å². The van der Waals surface area contributed by atoms with Gasteiger partial charge in [0.15, 0.2) is 0 Å². The van der Waals surface area contributed by atoms with Crippen molar-refractivity contribution in [3.8, 4) is 0 Å². The van der Waals surface area contributed by atoms with Gasteiger partial charge in [-0.05, 0) is 43.3 Å². The van der Waals surface area contributed by atoms with Crippen molar-refractivity contribution in [2.75, 3.05) is 26.2 Å². The van der Waals surface area contributed by atoms with Crippen LogP contribution in [-0.4, -0.2) is 26.2 Å². The first-order chi connectivity index (χ1) is 6.55. The molecule has 1 heterocycles. The summed E-state index contributed by atoms with van der Waals surface area (Å²) in [6.45, 7) is 14.0. The average molecular weight is 198 g/mol. The molecule has 2 heteroatoms. The van der Waals surface area contributed by atoms with Crippen molar-refractivity contribution in [1.29, 1.82) is 0 Å². The molecule has 0 spiro atoms. The third-order valence-electron chi connectivity index (χ3n) is 3.64. The Bertz CT molecular complexity index is 166. The highest BCUT2D eigenvalue weighted by Crippen LogP contribution is 2.19. The molecule has 1 fully saturated rings. The van der Waals surface area contributed by atoms with Gasteiger partial charge < -0.3 is 10.6 Å². The number of hydrogen-bond donors (Lipinski definition) is 2. The lowest BCUT2D eigenvalue weighted by atomic mass is 9.90. The van der Waals surface area contributed by atoms with E-state index in [1.807, 2.05) is 0 Å². The first-order valence-corrected chi connectivity index (χ1v) is 5.96. The molecule has 1 aliphatic rings. The summed E-state index contributed by atoms with van der Waals surface area (Å²) in [7, 11) is 0. The van der Waals surface area contributed by atoms with Crippen LogP contribution in [0.2, 0.25) is 0 Å². The maximum Gasteiger partial charge on any atom is 0.000254 e. The third kappa shape index (κ3) is 3.58. The van der Waals surface area contributed by atoms with Crippen LogP contribution in [0.15, 0.2) is 0 Å². The van der Waals surface area contributed by atoms with Crippen molar-refractivity contribution >= 4 is 0 Å². The SMILES string of the molecule is CCC(C)(C)CNCC1CNCC1C. The lowest BCUT2D eigenvalue weighted by Crippen LogP contribution is -2.34. The second-order valence-corrected chi connectivity index (χ2v) is 5.54. The fraction of sp³-hybridized carbons (Fsp3) is 1.00. The number of rotatable bonds is 5. The summed E-state index contributed by atoms with van der Waals surface area (Å²) in [4.78, 5) is 0. The van der Waals surface area contributed by atoms with Crippen molar-refractivity contribution < 1.29 is 0 Å². The van der Waals surface area contributed by atoms with Crippen molar-refractivity contribution in [3.05, 3.63) is 0 Å². The molecule has 2 atom stereocenters. The maximum atomic E-state index is 3.61. The van der Waals surface area contributed by atoms with E-state index in [-0.39, 0.29) is 0 Å². The van der Waals surface area contributed by atoms with Crippen LogP contribution in [0.3, 0.4) is 0 Å². The zero-order valence-corrected chi connectivity index (χ0v) is 10.2. The molecule has 1 rings (SSSR count). The fourth-order valence-electron chi connectivity index (χ4n) is 1.86. The zero-order chi connectivity index (χ0) is 10.6. The number of nitrogens with one attached hydrogen (secondary N) is 2. The molecule has 0 saturated carbocycles. The molecule has 1 saturated heterocycles. The molecule has 0 aromatic rings. The van der Waals surface area contributed by atoms with Crippen molar-refractivity contribution in [1.82, 2.24) is 10.6 Å². The summed E-state index contributed by atoms with van der Waals surface area (Å²) in [5, 5.41) is 7.05. The zero-order valence-electron chi connectivity index (χ0n) is 10.2. The largest absolute Gasteiger partial charge is 0.316 e. The Morgan fingerprint density at radius 3 is 2.57 bits per heavy atom. The van der Waals surface area contributed by atoms with Gasteiger partial charge in [-0.3, -0.25) is 0 Å². The van der Waals surface area contributed by atoms with Crippen LogP contribution in [0.5, 0.6) is 0 Å². The summed E-state index contributed by atoms with van der Waals surface area (Å²) in [5.74, 6) is 1.68. The minimum Gasteiger partial charge on any atom is -0.316 e. The molecule has 1 aliphatic heterocycles. The summed E-state index contributed by atoms with van der Waals surface area (Å²) < 4.78 is 0. The van der Waals surface area contributed by atoms with Gasteiger partial charge in [0.2, 0.25) is 0 Å². The highest BCUT2D eigenvalue weighted by Gasteiger charge is 2.23. The Morgan fingerprint density at radius 1 is 1.36 bits per heavy atom. The molecular formula is C12H26N2. The Hall–Kier alpha value is -0.0800. The Morgan fingerprint density at radius 2 is 2.07 bits per heavy atom. The van der Waals surface area contributed by atoms with Gasteiger partial charge in [-0.15, -0.1) is 0 Å².